The lowest BCUT2D eigenvalue weighted by Gasteiger charge is -2.26. The van der Waals surface area contributed by atoms with Crippen molar-refractivity contribution in [2.24, 2.45) is 0 Å². The van der Waals surface area contributed by atoms with E-state index in [0.29, 0.717) is 34.2 Å². The number of nitrogens with zero attached hydrogens (tertiary/aromatic N) is 3. The molecule has 2 aromatic heterocycles. The van der Waals surface area contributed by atoms with Gasteiger partial charge in [0.25, 0.3) is 0 Å². The molecule has 140 valence electrons. The maximum absolute atomic E-state index is 12.8. The van der Waals surface area contributed by atoms with Gasteiger partial charge in [0.2, 0.25) is 5.88 Å². The Morgan fingerprint density at radius 1 is 1.42 bits per heavy atom. The lowest BCUT2D eigenvalue weighted by Crippen LogP contribution is -2.29. The first-order valence-corrected chi connectivity index (χ1v) is 7.79. The smallest absolute Gasteiger partial charge is 0.345 e. The van der Waals surface area contributed by atoms with Crippen LogP contribution in [0.5, 0.6) is 5.88 Å². The van der Waals surface area contributed by atoms with E-state index in [2.05, 4.69) is 14.8 Å². The lowest BCUT2D eigenvalue weighted by molar-refractivity contribution is -0.146. The lowest BCUT2D eigenvalue weighted by atomic mass is 9.95. The highest BCUT2D eigenvalue weighted by Gasteiger charge is 2.27. The molecule has 10 heteroatoms. The Balaban J connectivity index is 1.96. The van der Waals surface area contributed by atoms with Gasteiger partial charge in [0, 0.05) is 24.2 Å². The maximum atomic E-state index is 12.8. The number of rotatable bonds is 6. The molecular formula is C16H15F4N3O3. The van der Waals surface area contributed by atoms with Crippen molar-refractivity contribution in [2.45, 2.75) is 39.0 Å². The van der Waals surface area contributed by atoms with Gasteiger partial charge in [0.1, 0.15) is 11.8 Å². The van der Waals surface area contributed by atoms with E-state index < -0.39 is 19.3 Å². The second-order valence-corrected chi connectivity index (χ2v) is 5.75. The van der Waals surface area contributed by atoms with Crippen molar-refractivity contribution in [3.05, 3.63) is 29.7 Å². The van der Waals surface area contributed by atoms with E-state index in [1.165, 1.54) is 19.2 Å². The van der Waals surface area contributed by atoms with Crippen LogP contribution in [0.1, 0.15) is 35.9 Å². The van der Waals surface area contributed by atoms with E-state index in [0.717, 1.165) is 6.20 Å². The predicted molar refractivity (Wildman–Crippen MR) is 81.4 cm³/mol. The number of ketones is 1. The molecule has 6 nitrogen and oxygen atoms in total. The first-order valence-electron chi connectivity index (χ1n) is 7.79. The van der Waals surface area contributed by atoms with Gasteiger partial charge in [0.15, 0.2) is 5.78 Å². The van der Waals surface area contributed by atoms with Crippen LogP contribution in [0.3, 0.4) is 0 Å². The molecule has 1 atom stereocenters. The summed E-state index contributed by atoms with van der Waals surface area (Å²) < 4.78 is 60.3. The van der Waals surface area contributed by atoms with Gasteiger partial charge in [-0.25, -0.2) is 9.67 Å². The van der Waals surface area contributed by atoms with Crippen LogP contribution in [0.25, 0.3) is 11.1 Å². The third-order valence-electron chi connectivity index (χ3n) is 3.96. The van der Waals surface area contributed by atoms with Crippen molar-refractivity contribution in [1.82, 2.24) is 14.8 Å². The average Bonchev–Trinajstić information content (AvgIpc) is 3.08. The predicted octanol–water partition coefficient (Wildman–Crippen LogP) is 3.48. The number of hydrogen-bond acceptors (Lipinski definition) is 5. The Kier molecular flexibility index (Phi) is 5.21. The van der Waals surface area contributed by atoms with Gasteiger partial charge >= 0.3 is 13.2 Å². The van der Waals surface area contributed by atoms with E-state index in [4.69, 9.17) is 4.74 Å². The number of ether oxygens (including phenoxy) is 2. The minimum atomic E-state index is -2.91. The molecule has 0 unspecified atom stereocenters. The number of pyridine rings is 1. The number of halogens is 4. The van der Waals surface area contributed by atoms with Crippen LogP contribution in [-0.4, -0.2) is 39.9 Å². The molecule has 0 amide bonds. The molecule has 0 bridgehead atoms. The fourth-order valence-corrected chi connectivity index (χ4v) is 2.73. The fourth-order valence-electron chi connectivity index (χ4n) is 2.73. The third-order valence-corrected chi connectivity index (χ3v) is 3.96. The number of hydrogen-bond donors (Lipinski definition) is 0. The Bertz CT molecular complexity index is 810. The van der Waals surface area contributed by atoms with Crippen LogP contribution >= 0.6 is 0 Å². The second kappa shape index (κ2) is 7.40. The molecule has 1 aliphatic heterocycles. The summed E-state index contributed by atoms with van der Waals surface area (Å²) in [5.41, 5.74) is 1.58. The Morgan fingerprint density at radius 3 is 2.81 bits per heavy atom. The summed E-state index contributed by atoms with van der Waals surface area (Å²) >= 11 is 0. The maximum Gasteiger partial charge on any atom is 0.345 e. The Morgan fingerprint density at radius 2 is 2.19 bits per heavy atom. The number of alkyl halides is 4. The van der Waals surface area contributed by atoms with Crippen molar-refractivity contribution < 1.29 is 31.8 Å². The number of carbonyl (C=O) groups excluding carboxylic acids is 1. The molecule has 0 radical (unpaired) electrons. The molecule has 3 rings (SSSR count). The molecule has 0 fully saturated rings. The SMILES string of the molecule is CC(=O)c1cc(-c2cnn(C(F)F)c2)c2c(n1)O[C@@H](COC(F)F)CC2. The normalized spacial score (nSPS) is 16.7. The summed E-state index contributed by atoms with van der Waals surface area (Å²) in [6.45, 7) is -4.71. The van der Waals surface area contributed by atoms with Gasteiger partial charge in [-0.05, 0) is 24.5 Å². The van der Waals surface area contributed by atoms with Crippen molar-refractivity contribution in [2.75, 3.05) is 6.61 Å². The quantitative estimate of drug-likeness (QED) is 0.573. The zero-order valence-corrected chi connectivity index (χ0v) is 13.7. The van der Waals surface area contributed by atoms with Crippen LogP contribution in [0.15, 0.2) is 18.5 Å². The van der Waals surface area contributed by atoms with Gasteiger partial charge in [0.05, 0.1) is 12.8 Å². The molecule has 0 saturated heterocycles. The van der Waals surface area contributed by atoms with Gasteiger partial charge < -0.3 is 9.47 Å². The average molecular weight is 373 g/mol. The Hall–Kier alpha value is -2.49. The van der Waals surface area contributed by atoms with Crippen LogP contribution in [0.2, 0.25) is 0 Å². The largest absolute Gasteiger partial charge is 0.472 e. The molecule has 0 spiro atoms. The van der Waals surface area contributed by atoms with E-state index >= 15 is 0 Å². The molecule has 1 aliphatic rings. The van der Waals surface area contributed by atoms with Crippen molar-refractivity contribution in [3.63, 3.8) is 0 Å². The van der Waals surface area contributed by atoms with Gasteiger partial charge in [-0.3, -0.25) is 4.79 Å². The Labute approximate surface area is 145 Å². The third kappa shape index (κ3) is 3.85. The van der Waals surface area contributed by atoms with Crippen LogP contribution in [0.4, 0.5) is 17.6 Å². The second-order valence-electron chi connectivity index (χ2n) is 5.75. The van der Waals surface area contributed by atoms with E-state index in [1.54, 1.807) is 0 Å². The van der Waals surface area contributed by atoms with Crippen LogP contribution in [0, 0.1) is 0 Å². The highest BCUT2D eigenvalue weighted by Crippen LogP contribution is 2.36. The molecular weight excluding hydrogens is 358 g/mol. The first kappa shape index (κ1) is 18.3. The summed E-state index contributed by atoms with van der Waals surface area (Å²) in [5.74, 6) is -0.225. The number of carbonyl (C=O) groups is 1. The summed E-state index contributed by atoms with van der Waals surface area (Å²) in [4.78, 5) is 15.9. The summed E-state index contributed by atoms with van der Waals surface area (Å²) in [5, 5.41) is 3.60. The first-order chi connectivity index (χ1) is 12.3. The summed E-state index contributed by atoms with van der Waals surface area (Å²) in [7, 11) is 0. The van der Waals surface area contributed by atoms with Crippen LogP contribution < -0.4 is 4.74 Å². The zero-order valence-electron chi connectivity index (χ0n) is 13.7. The molecule has 0 saturated carbocycles. The van der Waals surface area contributed by atoms with E-state index in [9.17, 15) is 22.4 Å². The molecule has 3 heterocycles. The van der Waals surface area contributed by atoms with Gasteiger partial charge in [-0.2, -0.15) is 22.7 Å². The minimum absolute atomic E-state index is 0.0824. The van der Waals surface area contributed by atoms with Crippen LogP contribution in [-0.2, 0) is 11.2 Å². The monoisotopic (exact) mass is 373 g/mol. The fraction of sp³-hybridized carbons (Fsp3) is 0.438. The van der Waals surface area contributed by atoms with Crippen molar-refractivity contribution >= 4 is 5.78 Å². The highest BCUT2D eigenvalue weighted by molar-refractivity contribution is 5.94. The summed E-state index contributed by atoms with van der Waals surface area (Å²) in [6, 6.07) is 1.49. The molecule has 0 N–H and O–H groups in total. The number of Topliss-reactive ketones (excluding diaryl/α,β-unsaturated/α-hetero) is 1. The number of aromatic nitrogens is 3. The van der Waals surface area contributed by atoms with Crippen molar-refractivity contribution in [3.8, 4) is 17.0 Å². The molecule has 0 aromatic carbocycles. The van der Waals surface area contributed by atoms with Crippen molar-refractivity contribution in [1.29, 1.82) is 0 Å². The zero-order chi connectivity index (χ0) is 18.8. The molecule has 26 heavy (non-hydrogen) atoms. The highest BCUT2D eigenvalue weighted by atomic mass is 19.3. The van der Waals surface area contributed by atoms with Gasteiger partial charge in [-0.1, -0.05) is 0 Å². The molecule has 0 aliphatic carbocycles. The van der Waals surface area contributed by atoms with E-state index in [-0.39, 0.29) is 24.0 Å². The standard InChI is InChI=1S/C16H15F4N3O3/c1-8(24)13-4-12(9-5-21-23(6-9)15(17)18)11-3-2-10(7-25-16(19)20)26-14(11)22-13/h4-6,10,15-16H,2-3,7H2,1H3/t10-/m1/s1. The van der Waals surface area contributed by atoms with Gasteiger partial charge in [-0.15, -0.1) is 0 Å². The van der Waals surface area contributed by atoms with E-state index in [1.807, 2.05) is 0 Å². The molecule has 2 aromatic rings. The summed E-state index contributed by atoms with van der Waals surface area (Å²) in [6.07, 6.45) is 2.58. The minimum Gasteiger partial charge on any atom is -0.472 e. The number of fused-ring (bicyclic) bond motifs is 1. The topological polar surface area (TPSA) is 66.2 Å².